The van der Waals surface area contributed by atoms with Crippen LogP contribution < -0.4 is 10.6 Å². The molecule has 3 nitrogen and oxygen atoms in total. The highest BCUT2D eigenvalue weighted by atomic mass is 16.2. The number of carbonyl (C=O) groups is 1. The van der Waals surface area contributed by atoms with Crippen molar-refractivity contribution in [1.82, 2.24) is 5.32 Å². The molecule has 1 aromatic carbocycles. The first-order valence-electron chi connectivity index (χ1n) is 7.32. The maximum Gasteiger partial charge on any atom is 0.319 e. The van der Waals surface area contributed by atoms with E-state index >= 15 is 0 Å². The molecule has 2 fully saturated rings. The molecule has 0 unspecified atom stereocenters. The summed E-state index contributed by atoms with van der Waals surface area (Å²) in [6.07, 6.45) is 5.49. The Bertz CT molecular complexity index is 454. The van der Waals surface area contributed by atoms with Crippen LogP contribution >= 0.6 is 0 Å². The van der Waals surface area contributed by atoms with Crippen LogP contribution in [0.15, 0.2) is 24.3 Å². The molecule has 2 N–H and O–H groups in total. The van der Waals surface area contributed by atoms with Crippen molar-refractivity contribution in [2.24, 2.45) is 17.8 Å². The zero-order chi connectivity index (χ0) is 13.2. The van der Waals surface area contributed by atoms with Gasteiger partial charge in [0.25, 0.3) is 0 Å². The number of urea groups is 1. The highest BCUT2D eigenvalue weighted by Gasteiger charge is 2.39. The van der Waals surface area contributed by atoms with Crippen molar-refractivity contribution in [1.29, 1.82) is 0 Å². The third-order valence-corrected chi connectivity index (χ3v) is 4.72. The van der Waals surface area contributed by atoms with Crippen molar-refractivity contribution in [3.8, 4) is 0 Å². The summed E-state index contributed by atoms with van der Waals surface area (Å²) in [5.74, 6) is 2.52. The van der Waals surface area contributed by atoms with E-state index in [4.69, 9.17) is 0 Å². The number of anilines is 1. The molecule has 3 rings (SSSR count). The molecule has 0 saturated heterocycles. The highest BCUT2D eigenvalue weighted by Crippen LogP contribution is 2.47. The van der Waals surface area contributed by atoms with Gasteiger partial charge in [0.1, 0.15) is 0 Å². The largest absolute Gasteiger partial charge is 0.338 e. The van der Waals surface area contributed by atoms with E-state index in [-0.39, 0.29) is 6.03 Å². The van der Waals surface area contributed by atoms with Gasteiger partial charge in [0.05, 0.1) is 0 Å². The molecule has 2 aliphatic carbocycles. The second kappa shape index (κ2) is 5.24. The molecule has 1 aromatic rings. The first kappa shape index (κ1) is 12.5. The van der Waals surface area contributed by atoms with E-state index in [0.717, 1.165) is 24.1 Å². The molecule has 0 heterocycles. The molecule has 2 bridgehead atoms. The Balaban J connectivity index is 1.45. The summed E-state index contributed by atoms with van der Waals surface area (Å²) in [6, 6.07) is 7.81. The Hall–Kier alpha value is -1.51. The fourth-order valence-electron chi connectivity index (χ4n) is 3.66. The van der Waals surface area contributed by atoms with Crippen LogP contribution in [0.4, 0.5) is 10.5 Å². The predicted molar refractivity (Wildman–Crippen MR) is 77.1 cm³/mol. The van der Waals surface area contributed by atoms with Gasteiger partial charge >= 0.3 is 6.03 Å². The molecule has 0 radical (unpaired) electrons. The van der Waals surface area contributed by atoms with Crippen LogP contribution in [0.25, 0.3) is 0 Å². The third-order valence-electron chi connectivity index (χ3n) is 4.72. The Kier molecular flexibility index (Phi) is 3.45. The van der Waals surface area contributed by atoms with Crippen LogP contribution in [0.3, 0.4) is 0 Å². The van der Waals surface area contributed by atoms with Crippen molar-refractivity contribution in [2.45, 2.75) is 32.6 Å². The van der Waals surface area contributed by atoms with E-state index in [9.17, 15) is 4.79 Å². The molecular weight excluding hydrogens is 236 g/mol. The molecule has 2 aliphatic rings. The number of benzene rings is 1. The van der Waals surface area contributed by atoms with Crippen molar-refractivity contribution in [2.75, 3.05) is 11.9 Å². The molecule has 3 atom stereocenters. The summed E-state index contributed by atoms with van der Waals surface area (Å²) >= 11 is 0. The van der Waals surface area contributed by atoms with Crippen LogP contribution in [-0.4, -0.2) is 12.6 Å². The van der Waals surface area contributed by atoms with E-state index < -0.39 is 0 Å². The molecule has 2 saturated carbocycles. The average molecular weight is 258 g/mol. The summed E-state index contributed by atoms with van der Waals surface area (Å²) < 4.78 is 0. The quantitative estimate of drug-likeness (QED) is 0.855. The highest BCUT2D eigenvalue weighted by molar-refractivity contribution is 5.89. The van der Waals surface area contributed by atoms with E-state index in [1.54, 1.807) is 0 Å². The maximum absolute atomic E-state index is 11.8. The van der Waals surface area contributed by atoms with Crippen molar-refractivity contribution >= 4 is 11.7 Å². The van der Waals surface area contributed by atoms with Crippen molar-refractivity contribution < 1.29 is 4.79 Å². The number of hydrogen-bond donors (Lipinski definition) is 2. The number of fused-ring (bicyclic) bond motifs is 2. The van der Waals surface area contributed by atoms with Gasteiger partial charge in [-0.3, -0.25) is 0 Å². The van der Waals surface area contributed by atoms with Gasteiger partial charge in [0.2, 0.25) is 0 Å². The Morgan fingerprint density at radius 2 is 2.00 bits per heavy atom. The molecule has 3 heteroatoms. The monoisotopic (exact) mass is 258 g/mol. The molecule has 19 heavy (non-hydrogen) atoms. The minimum absolute atomic E-state index is 0.0772. The molecule has 0 aliphatic heterocycles. The van der Waals surface area contributed by atoms with E-state index in [0.29, 0.717) is 5.92 Å². The van der Waals surface area contributed by atoms with Gasteiger partial charge < -0.3 is 10.6 Å². The number of rotatable bonds is 3. The summed E-state index contributed by atoms with van der Waals surface area (Å²) in [5.41, 5.74) is 2.06. The van der Waals surface area contributed by atoms with Crippen LogP contribution in [0.1, 0.15) is 31.2 Å². The summed E-state index contributed by atoms with van der Waals surface area (Å²) in [7, 11) is 0. The zero-order valence-corrected chi connectivity index (χ0v) is 11.5. The van der Waals surface area contributed by atoms with Gasteiger partial charge in [0, 0.05) is 12.2 Å². The molecule has 2 amide bonds. The minimum Gasteiger partial charge on any atom is -0.338 e. The van der Waals surface area contributed by atoms with E-state index in [1.165, 1.54) is 31.2 Å². The van der Waals surface area contributed by atoms with Gasteiger partial charge in [-0.2, -0.15) is 0 Å². The van der Waals surface area contributed by atoms with Crippen LogP contribution in [0.2, 0.25) is 0 Å². The lowest BCUT2D eigenvalue weighted by molar-refractivity contribution is 0.245. The summed E-state index contributed by atoms with van der Waals surface area (Å²) in [4.78, 5) is 11.8. The normalized spacial score (nSPS) is 28.4. The minimum atomic E-state index is -0.0772. The Morgan fingerprint density at radius 3 is 2.63 bits per heavy atom. The predicted octanol–water partition coefficient (Wildman–Crippen LogP) is 3.55. The van der Waals surface area contributed by atoms with Gasteiger partial charge in [0.15, 0.2) is 0 Å². The molecule has 0 aromatic heterocycles. The van der Waals surface area contributed by atoms with Crippen molar-refractivity contribution in [3.05, 3.63) is 29.8 Å². The third kappa shape index (κ3) is 2.91. The lowest BCUT2D eigenvalue weighted by Gasteiger charge is -2.21. The number of carbonyl (C=O) groups excluding carboxylic acids is 1. The van der Waals surface area contributed by atoms with Crippen molar-refractivity contribution in [3.63, 3.8) is 0 Å². The van der Waals surface area contributed by atoms with Gasteiger partial charge in [-0.25, -0.2) is 4.79 Å². The van der Waals surface area contributed by atoms with E-state index in [2.05, 4.69) is 10.6 Å². The SMILES string of the molecule is Cc1ccc(NC(=O)NC[C@@H]2C[C@H]3CC[C@H]2C3)cc1. The smallest absolute Gasteiger partial charge is 0.319 e. The maximum atomic E-state index is 11.8. The van der Waals surface area contributed by atoms with Crippen LogP contribution in [0, 0.1) is 24.7 Å². The fourth-order valence-corrected chi connectivity index (χ4v) is 3.66. The molecular formula is C16H22N2O. The number of amides is 2. The van der Waals surface area contributed by atoms with Gasteiger partial charge in [-0.15, -0.1) is 0 Å². The van der Waals surface area contributed by atoms with Gasteiger partial charge in [-0.1, -0.05) is 24.1 Å². The Morgan fingerprint density at radius 1 is 1.21 bits per heavy atom. The lowest BCUT2D eigenvalue weighted by Crippen LogP contribution is -2.34. The van der Waals surface area contributed by atoms with Crippen LogP contribution in [-0.2, 0) is 0 Å². The second-order valence-corrected chi connectivity index (χ2v) is 6.14. The standard InChI is InChI=1S/C16H22N2O/c1-11-2-6-15(7-3-11)18-16(19)17-10-14-9-12-4-5-13(14)8-12/h2-3,6-7,12-14H,4-5,8-10H2,1H3,(H2,17,18,19)/t12-,13-,14-/m0/s1. The summed E-state index contributed by atoms with van der Waals surface area (Å²) in [6.45, 7) is 2.87. The van der Waals surface area contributed by atoms with E-state index in [1.807, 2.05) is 31.2 Å². The number of hydrogen-bond acceptors (Lipinski definition) is 1. The molecule has 0 spiro atoms. The first-order valence-corrected chi connectivity index (χ1v) is 7.32. The molecule has 102 valence electrons. The Labute approximate surface area is 114 Å². The topological polar surface area (TPSA) is 41.1 Å². The average Bonchev–Trinajstić information content (AvgIpc) is 3.01. The number of aryl methyl sites for hydroxylation is 1. The zero-order valence-electron chi connectivity index (χ0n) is 11.5. The second-order valence-electron chi connectivity index (χ2n) is 6.14. The first-order chi connectivity index (χ1) is 9.20. The lowest BCUT2D eigenvalue weighted by atomic mass is 9.89. The fraction of sp³-hybridized carbons (Fsp3) is 0.562. The van der Waals surface area contributed by atoms with Crippen LogP contribution in [0.5, 0.6) is 0 Å². The van der Waals surface area contributed by atoms with Gasteiger partial charge in [-0.05, 0) is 56.1 Å². The summed E-state index contributed by atoms with van der Waals surface area (Å²) in [5, 5.41) is 5.91. The number of nitrogens with one attached hydrogen (secondary N) is 2.